The zero-order valence-electron chi connectivity index (χ0n) is 16.7. The van der Waals surface area contributed by atoms with Crippen molar-refractivity contribution in [2.75, 3.05) is 19.0 Å². The number of anilines is 1. The van der Waals surface area contributed by atoms with Crippen LogP contribution in [0.4, 0.5) is 10.6 Å². The Kier molecular flexibility index (Phi) is 5.98. The van der Waals surface area contributed by atoms with Gasteiger partial charge in [-0.25, -0.2) is 9.78 Å². The van der Waals surface area contributed by atoms with E-state index in [4.69, 9.17) is 4.74 Å². The summed E-state index contributed by atoms with van der Waals surface area (Å²) in [7, 11) is 3.44. The molecule has 0 radical (unpaired) electrons. The monoisotopic (exact) mass is 382 g/mol. The first-order chi connectivity index (χ1) is 13.5. The Balaban J connectivity index is 1.67. The number of methoxy groups -OCH3 is 1. The van der Waals surface area contributed by atoms with E-state index in [2.05, 4.69) is 25.3 Å². The van der Waals surface area contributed by atoms with Crippen LogP contribution < -0.4 is 15.4 Å². The molecule has 148 valence electrons. The molecular formula is C20H26N6O2. The first kappa shape index (κ1) is 19.5. The predicted octanol–water partition coefficient (Wildman–Crippen LogP) is 3.12. The summed E-state index contributed by atoms with van der Waals surface area (Å²) in [6.45, 7) is 5.25. The Morgan fingerprint density at radius 1 is 1.25 bits per heavy atom. The van der Waals surface area contributed by atoms with E-state index in [1.807, 2.05) is 51.4 Å². The molecule has 2 amide bonds. The number of aryl methyl sites for hydroxylation is 4. The van der Waals surface area contributed by atoms with Crippen molar-refractivity contribution in [1.82, 2.24) is 24.6 Å². The Hall–Kier alpha value is -3.29. The van der Waals surface area contributed by atoms with Crippen LogP contribution in [-0.4, -0.2) is 39.0 Å². The summed E-state index contributed by atoms with van der Waals surface area (Å²) in [5.41, 5.74) is 2.56. The molecule has 0 saturated carbocycles. The minimum Gasteiger partial charge on any atom is -0.496 e. The molecule has 0 unspecified atom stereocenters. The first-order valence-corrected chi connectivity index (χ1v) is 9.20. The van der Waals surface area contributed by atoms with Gasteiger partial charge in [-0.2, -0.15) is 5.10 Å². The average molecular weight is 382 g/mol. The fourth-order valence-electron chi connectivity index (χ4n) is 3.22. The molecule has 2 N–H and O–H groups in total. The number of imidazole rings is 1. The lowest BCUT2D eigenvalue weighted by Gasteiger charge is -2.13. The van der Waals surface area contributed by atoms with Gasteiger partial charge in [-0.3, -0.25) is 10.00 Å². The molecule has 8 heteroatoms. The molecule has 2 aromatic heterocycles. The zero-order chi connectivity index (χ0) is 20.1. The number of para-hydroxylation sites is 1. The van der Waals surface area contributed by atoms with E-state index in [9.17, 15) is 4.79 Å². The Morgan fingerprint density at radius 3 is 2.75 bits per heavy atom. The topological polar surface area (TPSA) is 86.0 Å². The number of urea groups is 1. The van der Waals surface area contributed by atoms with Crippen LogP contribution in [0.1, 0.15) is 17.9 Å². The summed E-state index contributed by atoms with van der Waals surface area (Å²) in [4.78, 5) is 16.6. The van der Waals surface area contributed by atoms with Gasteiger partial charge < -0.3 is 14.6 Å². The Labute approximate surface area is 164 Å². The van der Waals surface area contributed by atoms with E-state index in [1.54, 1.807) is 18.0 Å². The van der Waals surface area contributed by atoms with Gasteiger partial charge in [-0.15, -0.1) is 0 Å². The summed E-state index contributed by atoms with van der Waals surface area (Å²) in [5, 5.41) is 10.3. The van der Waals surface area contributed by atoms with Crippen molar-refractivity contribution < 1.29 is 9.53 Å². The lowest BCUT2D eigenvalue weighted by molar-refractivity contribution is 0.251. The minimum atomic E-state index is -0.262. The van der Waals surface area contributed by atoms with Gasteiger partial charge in [-0.1, -0.05) is 18.2 Å². The molecule has 3 rings (SSSR count). The Morgan fingerprint density at radius 2 is 2.04 bits per heavy atom. The summed E-state index contributed by atoms with van der Waals surface area (Å²) in [6.07, 6.45) is 4.53. The summed E-state index contributed by atoms with van der Waals surface area (Å²) in [5.74, 6) is 2.33. The van der Waals surface area contributed by atoms with Gasteiger partial charge in [-0.05, 0) is 26.3 Å². The summed E-state index contributed by atoms with van der Waals surface area (Å²) >= 11 is 0. The van der Waals surface area contributed by atoms with Crippen LogP contribution in [0.2, 0.25) is 0 Å². The number of aromatic nitrogens is 4. The third kappa shape index (κ3) is 4.16. The number of nitrogens with zero attached hydrogens (tertiary/aromatic N) is 4. The average Bonchev–Trinajstić information content (AvgIpc) is 3.21. The number of amides is 2. The van der Waals surface area contributed by atoms with Crippen LogP contribution in [0.25, 0.3) is 11.1 Å². The van der Waals surface area contributed by atoms with Gasteiger partial charge in [0.15, 0.2) is 0 Å². The highest BCUT2D eigenvalue weighted by Gasteiger charge is 2.19. The van der Waals surface area contributed by atoms with Crippen LogP contribution in [0.3, 0.4) is 0 Å². The normalized spacial score (nSPS) is 10.7. The molecule has 0 aliphatic rings. The van der Waals surface area contributed by atoms with E-state index >= 15 is 0 Å². The van der Waals surface area contributed by atoms with Crippen molar-refractivity contribution in [3.63, 3.8) is 0 Å². The lowest BCUT2D eigenvalue weighted by atomic mass is 10.0. The second-order valence-corrected chi connectivity index (χ2v) is 6.54. The number of nitrogens with one attached hydrogen (secondary N) is 2. The number of carbonyl (C=O) groups excluding carboxylic acids is 1. The van der Waals surface area contributed by atoms with Gasteiger partial charge in [0.2, 0.25) is 0 Å². The van der Waals surface area contributed by atoms with Gasteiger partial charge in [0.25, 0.3) is 0 Å². The zero-order valence-corrected chi connectivity index (χ0v) is 16.7. The smallest absolute Gasteiger partial charge is 0.320 e. The first-order valence-electron chi connectivity index (χ1n) is 9.20. The van der Waals surface area contributed by atoms with E-state index in [-0.39, 0.29) is 6.03 Å². The van der Waals surface area contributed by atoms with Crippen molar-refractivity contribution in [2.24, 2.45) is 7.05 Å². The number of carbonyl (C=O) groups is 1. The maximum absolute atomic E-state index is 12.4. The molecule has 0 atom stereocenters. The molecule has 0 aliphatic carbocycles. The van der Waals surface area contributed by atoms with Crippen LogP contribution >= 0.6 is 0 Å². The highest BCUT2D eigenvalue weighted by atomic mass is 16.5. The van der Waals surface area contributed by atoms with E-state index in [0.29, 0.717) is 12.4 Å². The molecule has 8 nitrogen and oxygen atoms in total. The number of hydrogen-bond donors (Lipinski definition) is 2. The van der Waals surface area contributed by atoms with Gasteiger partial charge in [0.05, 0.1) is 18.4 Å². The fraction of sp³-hybridized carbons (Fsp3) is 0.350. The number of hydrogen-bond acceptors (Lipinski definition) is 4. The van der Waals surface area contributed by atoms with E-state index in [0.717, 1.165) is 41.4 Å². The second kappa shape index (κ2) is 8.60. The summed E-state index contributed by atoms with van der Waals surface area (Å²) in [6, 6.07) is 7.44. The van der Waals surface area contributed by atoms with Gasteiger partial charge >= 0.3 is 6.03 Å². The summed E-state index contributed by atoms with van der Waals surface area (Å²) < 4.78 is 9.21. The third-order valence-corrected chi connectivity index (χ3v) is 4.62. The van der Waals surface area contributed by atoms with Crippen molar-refractivity contribution in [3.05, 3.63) is 48.2 Å². The van der Waals surface area contributed by atoms with Crippen molar-refractivity contribution in [3.8, 4) is 16.9 Å². The molecule has 3 aromatic rings. The number of rotatable bonds is 7. The quantitative estimate of drug-likeness (QED) is 0.615. The highest BCUT2D eigenvalue weighted by molar-refractivity contribution is 5.94. The lowest BCUT2D eigenvalue weighted by Crippen LogP contribution is -2.31. The maximum Gasteiger partial charge on any atom is 0.320 e. The molecule has 0 fully saturated rings. The molecule has 0 bridgehead atoms. The number of ether oxygens (including phenoxy) is 1. The second-order valence-electron chi connectivity index (χ2n) is 6.54. The fourth-order valence-corrected chi connectivity index (χ4v) is 3.22. The van der Waals surface area contributed by atoms with Crippen molar-refractivity contribution in [1.29, 1.82) is 0 Å². The standard InChI is InChI=1S/C20H26N6O2/c1-14-18(16-8-5-6-9-17(16)28-4)19(25(3)24-14)23-20(27)22-10-7-12-26-13-11-21-15(26)2/h5-6,8-9,11,13H,7,10,12H2,1-4H3,(H2,22,23,27). The molecule has 28 heavy (non-hydrogen) atoms. The molecule has 2 heterocycles. The van der Waals surface area contributed by atoms with Crippen LogP contribution in [0.15, 0.2) is 36.7 Å². The van der Waals surface area contributed by atoms with E-state index < -0.39 is 0 Å². The van der Waals surface area contributed by atoms with Crippen molar-refractivity contribution in [2.45, 2.75) is 26.8 Å². The van der Waals surface area contributed by atoms with Crippen molar-refractivity contribution >= 4 is 11.8 Å². The molecule has 0 spiro atoms. The predicted molar refractivity (Wildman–Crippen MR) is 109 cm³/mol. The van der Waals surface area contributed by atoms with Gasteiger partial charge in [0.1, 0.15) is 17.4 Å². The van der Waals surface area contributed by atoms with E-state index in [1.165, 1.54) is 0 Å². The molecule has 0 aliphatic heterocycles. The number of benzene rings is 1. The largest absolute Gasteiger partial charge is 0.496 e. The molecule has 1 aromatic carbocycles. The van der Waals surface area contributed by atoms with Crippen LogP contribution in [0, 0.1) is 13.8 Å². The molecule has 0 saturated heterocycles. The maximum atomic E-state index is 12.4. The van der Waals surface area contributed by atoms with Crippen LogP contribution in [-0.2, 0) is 13.6 Å². The third-order valence-electron chi connectivity index (χ3n) is 4.62. The SMILES string of the molecule is COc1ccccc1-c1c(C)nn(C)c1NC(=O)NCCCn1ccnc1C. The minimum absolute atomic E-state index is 0.262. The van der Waals surface area contributed by atoms with Gasteiger partial charge in [0, 0.05) is 38.1 Å². The molecular weight excluding hydrogens is 356 g/mol. The highest BCUT2D eigenvalue weighted by Crippen LogP contribution is 2.36. The van der Waals surface area contributed by atoms with Crippen LogP contribution in [0.5, 0.6) is 5.75 Å². The Bertz CT molecular complexity index is 960.